The Morgan fingerprint density at radius 2 is 1.90 bits per heavy atom. The van der Waals surface area contributed by atoms with Crippen molar-refractivity contribution in [3.63, 3.8) is 0 Å². The van der Waals surface area contributed by atoms with E-state index in [-0.39, 0.29) is 11.6 Å². The average Bonchev–Trinajstić information content (AvgIpc) is 3.40. The Balaban J connectivity index is 1.29. The van der Waals surface area contributed by atoms with Crippen LogP contribution in [0, 0.1) is 0 Å². The summed E-state index contributed by atoms with van der Waals surface area (Å²) in [7, 11) is 0. The van der Waals surface area contributed by atoms with Crippen LogP contribution in [0.25, 0.3) is 27.5 Å². The van der Waals surface area contributed by atoms with E-state index in [1.165, 1.54) is 29.3 Å². The van der Waals surface area contributed by atoms with Gasteiger partial charge in [-0.25, -0.2) is 0 Å². The second kappa shape index (κ2) is 6.54. The van der Waals surface area contributed by atoms with E-state index in [9.17, 15) is 4.79 Å². The molecular formula is C25H20N4O2. The number of H-pyrrole nitrogens is 1. The van der Waals surface area contributed by atoms with Crippen molar-refractivity contribution in [2.45, 2.75) is 25.2 Å². The van der Waals surface area contributed by atoms with Crippen molar-refractivity contribution < 1.29 is 4.74 Å². The Bertz CT molecular complexity index is 1490. The van der Waals surface area contributed by atoms with Gasteiger partial charge in [-0.05, 0) is 72.4 Å². The summed E-state index contributed by atoms with van der Waals surface area (Å²) in [5, 5.41) is 1.73. The maximum atomic E-state index is 12.2. The van der Waals surface area contributed by atoms with E-state index in [1.54, 1.807) is 18.5 Å². The predicted octanol–water partition coefficient (Wildman–Crippen LogP) is 5.11. The van der Waals surface area contributed by atoms with Gasteiger partial charge in [0.05, 0.1) is 22.6 Å². The minimum atomic E-state index is -0.253. The number of aromatic nitrogens is 4. The van der Waals surface area contributed by atoms with E-state index in [1.807, 2.05) is 24.3 Å². The standard InChI is InChI=1S/C25H20N4O2/c1-25(10-11-25)17-2-7-22-16(14-17)9-13-29(22)18-3-5-19(6-4-18)31-24-27-21-15-26-12-8-20(21)23(30)28-24/h2-9,12-15H,10-11H2,1H3,(H,27,28,30). The van der Waals surface area contributed by atoms with E-state index in [2.05, 4.69) is 56.9 Å². The fourth-order valence-electron chi connectivity index (χ4n) is 4.02. The highest BCUT2D eigenvalue weighted by Crippen LogP contribution is 2.48. The molecule has 152 valence electrons. The normalized spacial score (nSPS) is 14.7. The molecule has 6 nitrogen and oxygen atoms in total. The summed E-state index contributed by atoms with van der Waals surface area (Å²) in [5.41, 5.74) is 4.25. The topological polar surface area (TPSA) is 72.8 Å². The molecule has 0 aliphatic heterocycles. The molecule has 1 saturated carbocycles. The third-order valence-corrected chi connectivity index (χ3v) is 6.20. The lowest BCUT2D eigenvalue weighted by Gasteiger charge is -2.11. The lowest BCUT2D eigenvalue weighted by Crippen LogP contribution is -2.09. The lowest BCUT2D eigenvalue weighted by atomic mass is 9.97. The maximum Gasteiger partial charge on any atom is 0.302 e. The van der Waals surface area contributed by atoms with E-state index in [0.29, 0.717) is 22.1 Å². The molecule has 6 heteroatoms. The van der Waals surface area contributed by atoms with Gasteiger partial charge in [0.2, 0.25) is 0 Å². The summed E-state index contributed by atoms with van der Waals surface area (Å²) in [6.45, 7) is 2.33. The number of fused-ring (bicyclic) bond motifs is 2. The van der Waals surface area contributed by atoms with Crippen LogP contribution in [0.2, 0.25) is 0 Å². The molecule has 0 radical (unpaired) electrons. The van der Waals surface area contributed by atoms with Crippen molar-refractivity contribution in [3.05, 3.63) is 89.1 Å². The average molecular weight is 408 g/mol. The third-order valence-electron chi connectivity index (χ3n) is 6.20. The molecule has 0 atom stereocenters. The third kappa shape index (κ3) is 3.08. The number of hydrogen-bond donors (Lipinski definition) is 1. The van der Waals surface area contributed by atoms with Crippen molar-refractivity contribution >= 4 is 21.8 Å². The van der Waals surface area contributed by atoms with Crippen molar-refractivity contribution in [1.29, 1.82) is 0 Å². The molecule has 0 spiro atoms. The number of nitrogens with one attached hydrogen (secondary N) is 1. The van der Waals surface area contributed by atoms with E-state index in [4.69, 9.17) is 4.74 Å². The number of rotatable bonds is 4. The summed E-state index contributed by atoms with van der Waals surface area (Å²) in [4.78, 5) is 23.2. The van der Waals surface area contributed by atoms with Crippen molar-refractivity contribution in [2.75, 3.05) is 0 Å². The molecule has 0 bridgehead atoms. The molecule has 1 fully saturated rings. The minimum Gasteiger partial charge on any atom is -0.426 e. The largest absolute Gasteiger partial charge is 0.426 e. The van der Waals surface area contributed by atoms with E-state index >= 15 is 0 Å². The number of hydrogen-bond acceptors (Lipinski definition) is 4. The molecule has 1 aliphatic carbocycles. The Morgan fingerprint density at radius 3 is 2.71 bits per heavy atom. The van der Waals surface area contributed by atoms with Gasteiger partial charge in [-0.3, -0.25) is 14.8 Å². The Hall–Kier alpha value is -3.93. The maximum absolute atomic E-state index is 12.2. The van der Waals surface area contributed by atoms with Gasteiger partial charge in [0.1, 0.15) is 5.75 Å². The van der Waals surface area contributed by atoms with Gasteiger partial charge >= 0.3 is 6.01 Å². The zero-order chi connectivity index (χ0) is 21.0. The summed E-state index contributed by atoms with van der Waals surface area (Å²) in [6, 6.07) is 18.4. The highest BCUT2D eigenvalue weighted by atomic mass is 16.5. The van der Waals surface area contributed by atoms with Gasteiger partial charge < -0.3 is 9.30 Å². The molecule has 3 aromatic heterocycles. The first-order chi connectivity index (χ1) is 15.1. The molecule has 0 saturated heterocycles. The molecule has 1 aliphatic rings. The van der Waals surface area contributed by atoms with Crippen molar-refractivity contribution in [2.24, 2.45) is 0 Å². The molecule has 0 amide bonds. The zero-order valence-electron chi connectivity index (χ0n) is 17.0. The summed E-state index contributed by atoms with van der Waals surface area (Å²) >= 11 is 0. The SMILES string of the molecule is CC1(c2ccc3c(ccn3-c3ccc(Oc4nc5cnccc5c(=O)[nH]4)cc3)c2)CC1. The molecule has 2 aromatic carbocycles. The molecule has 3 heterocycles. The second-order valence-corrected chi connectivity index (χ2v) is 8.38. The van der Waals surface area contributed by atoms with E-state index < -0.39 is 0 Å². The first-order valence-electron chi connectivity index (χ1n) is 10.3. The first-order valence-corrected chi connectivity index (χ1v) is 10.3. The quantitative estimate of drug-likeness (QED) is 0.449. The fourth-order valence-corrected chi connectivity index (χ4v) is 4.02. The predicted molar refractivity (Wildman–Crippen MR) is 120 cm³/mol. The van der Waals surface area contributed by atoms with Gasteiger partial charge in [-0.15, -0.1) is 0 Å². The van der Waals surface area contributed by atoms with Crippen LogP contribution in [0.5, 0.6) is 11.8 Å². The van der Waals surface area contributed by atoms with Crippen LogP contribution in [-0.2, 0) is 5.41 Å². The smallest absolute Gasteiger partial charge is 0.302 e. The monoisotopic (exact) mass is 408 g/mol. The Labute approximate surface area is 178 Å². The zero-order valence-corrected chi connectivity index (χ0v) is 17.0. The minimum absolute atomic E-state index is 0.144. The number of aromatic amines is 1. The van der Waals surface area contributed by atoms with Gasteiger partial charge in [0.25, 0.3) is 5.56 Å². The van der Waals surface area contributed by atoms with E-state index in [0.717, 1.165) is 5.69 Å². The second-order valence-electron chi connectivity index (χ2n) is 8.38. The van der Waals surface area contributed by atoms with Crippen LogP contribution < -0.4 is 10.3 Å². The van der Waals surface area contributed by atoms with Crippen LogP contribution in [0.15, 0.2) is 78.0 Å². The van der Waals surface area contributed by atoms with Gasteiger partial charge in [-0.2, -0.15) is 4.98 Å². The number of ether oxygens (including phenoxy) is 1. The fraction of sp³-hybridized carbons (Fsp3) is 0.160. The number of benzene rings is 2. The molecule has 31 heavy (non-hydrogen) atoms. The van der Waals surface area contributed by atoms with Crippen LogP contribution in [0.3, 0.4) is 0 Å². The molecular weight excluding hydrogens is 388 g/mol. The van der Waals surface area contributed by atoms with Gasteiger partial charge in [-0.1, -0.05) is 13.0 Å². The molecule has 1 N–H and O–H groups in total. The van der Waals surface area contributed by atoms with Crippen LogP contribution >= 0.6 is 0 Å². The number of nitrogens with zero attached hydrogens (tertiary/aromatic N) is 3. The number of pyridine rings is 1. The summed E-state index contributed by atoms with van der Waals surface area (Å²) in [6.07, 6.45) is 7.75. The Kier molecular flexibility index (Phi) is 3.77. The highest BCUT2D eigenvalue weighted by molar-refractivity contribution is 5.83. The molecule has 5 aromatic rings. The van der Waals surface area contributed by atoms with Crippen LogP contribution in [-0.4, -0.2) is 19.5 Å². The van der Waals surface area contributed by atoms with Gasteiger partial charge in [0.15, 0.2) is 0 Å². The highest BCUT2D eigenvalue weighted by Gasteiger charge is 2.38. The molecule has 0 unspecified atom stereocenters. The lowest BCUT2D eigenvalue weighted by molar-refractivity contribution is 0.442. The van der Waals surface area contributed by atoms with Crippen LogP contribution in [0.4, 0.5) is 0 Å². The van der Waals surface area contributed by atoms with Crippen molar-refractivity contribution in [3.8, 4) is 17.4 Å². The van der Waals surface area contributed by atoms with Gasteiger partial charge in [0, 0.05) is 23.5 Å². The Morgan fingerprint density at radius 1 is 1.06 bits per heavy atom. The molecule has 6 rings (SSSR count). The summed E-state index contributed by atoms with van der Waals surface area (Å²) < 4.78 is 7.95. The first kappa shape index (κ1) is 17.9. The van der Waals surface area contributed by atoms with Crippen molar-refractivity contribution in [1.82, 2.24) is 19.5 Å². The summed E-state index contributed by atoms with van der Waals surface area (Å²) in [5.74, 6) is 0.593. The van der Waals surface area contributed by atoms with Crippen LogP contribution in [0.1, 0.15) is 25.3 Å².